The van der Waals surface area contributed by atoms with Crippen LogP contribution in [0.25, 0.3) is 11.3 Å². The first-order valence-electron chi connectivity index (χ1n) is 12.5. The van der Waals surface area contributed by atoms with Crippen molar-refractivity contribution in [3.05, 3.63) is 71.9 Å². The molecule has 3 aromatic rings. The first-order chi connectivity index (χ1) is 17.2. The zero-order valence-electron chi connectivity index (χ0n) is 20.0. The second-order valence-corrected chi connectivity index (χ2v) is 9.33. The Bertz CT molecular complexity index is 1110. The third-order valence-corrected chi connectivity index (χ3v) is 7.04. The van der Waals surface area contributed by atoms with Crippen LogP contribution < -0.4 is 0 Å². The molecule has 184 valence electrons. The lowest BCUT2D eigenvalue weighted by molar-refractivity contribution is -0.132. The van der Waals surface area contributed by atoms with E-state index in [1.165, 1.54) is 12.1 Å². The molecule has 2 saturated heterocycles. The summed E-state index contributed by atoms with van der Waals surface area (Å²) in [5.41, 5.74) is 3.66. The summed E-state index contributed by atoms with van der Waals surface area (Å²) in [6.45, 7) is 5.32. The number of benzene rings is 1. The van der Waals surface area contributed by atoms with Crippen molar-refractivity contribution in [2.24, 2.45) is 0 Å². The average Bonchev–Trinajstić information content (AvgIpc) is 3.11. The Labute approximate surface area is 205 Å². The number of carbonyl (C=O) groups excluding carboxylic acids is 1. The van der Waals surface area contributed by atoms with Crippen molar-refractivity contribution in [2.75, 3.05) is 39.4 Å². The van der Waals surface area contributed by atoms with Crippen LogP contribution in [-0.2, 0) is 22.5 Å². The first kappa shape index (κ1) is 23.6. The summed E-state index contributed by atoms with van der Waals surface area (Å²) >= 11 is 0. The molecule has 2 aliphatic rings. The topological polar surface area (TPSA) is 63.5 Å². The number of hydrogen-bond acceptors (Lipinski definition) is 5. The SMILES string of the molecule is O=C(Cn1nc(-c2ccncc2)cc1Cc1ccc(F)cc1)N1CCCC(N2CCOCC2)CC1. The van der Waals surface area contributed by atoms with Gasteiger partial charge in [-0.25, -0.2) is 4.39 Å². The molecule has 7 nitrogen and oxygen atoms in total. The van der Waals surface area contributed by atoms with Gasteiger partial charge in [-0.15, -0.1) is 0 Å². The number of pyridine rings is 1. The van der Waals surface area contributed by atoms with Gasteiger partial charge in [0.05, 0.1) is 18.9 Å². The molecule has 8 heteroatoms. The van der Waals surface area contributed by atoms with Gasteiger partial charge in [-0.3, -0.25) is 19.4 Å². The van der Waals surface area contributed by atoms with E-state index in [-0.39, 0.29) is 18.3 Å². The van der Waals surface area contributed by atoms with Gasteiger partial charge < -0.3 is 9.64 Å². The maximum absolute atomic E-state index is 13.4. The zero-order valence-corrected chi connectivity index (χ0v) is 20.0. The molecule has 0 spiro atoms. The van der Waals surface area contributed by atoms with Crippen molar-refractivity contribution in [1.82, 2.24) is 24.6 Å². The van der Waals surface area contributed by atoms with E-state index >= 15 is 0 Å². The Balaban J connectivity index is 1.31. The highest BCUT2D eigenvalue weighted by molar-refractivity contribution is 5.76. The van der Waals surface area contributed by atoms with Crippen molar-refractivity contribution in [3.63, 3.8) is 0 Å². The molecule has 2 aliphatic heterocycles. The van der Waals surface area contributed by atoms with Gasteiger partial charge in [0.25, 0.3) is 0 Å². The van der Waals surface area contributed by atoms with Crippen LogP contribution in [0.1, 0.15) is 30.5 Å². The minimum absolute atomic E-state index is 0.0948. The third kappa shape index (κ3) is 5.94. The summed E-state index contributed by atoms with van der Waals surface area (Å²) in [5.74, 6) is -0.163. The Morgan fingerprint density at radius 2 is 1.77 bits per heavy atom. The van der Waals surface area contributed by atoms with Crippen LogP contribution >= 0.6 is 0 Å². The normalized spacial score (nSPS) is 19.5. The van der Waals surface area contributed by atoms with Gasteiger partial charge in [0.2, 0.25) is 5.91 Å². The van der Waals surface area contributed by atoms with E-state index in [0.29, 0.717) is 12.5 Å². The summed E-state index contributed by atoms with van der Waals surface area (Å²) in [6.07, 6.45) is 7.17. The van der Waals surface area contributed by atoms with Gasteiger partial charge in [0.1, 0.15) is 12.4 Å². The van der Waals surface area contributed by atoms with Gasteiger partial charge in [-0.1, -0.05) is 12.1 Å². The van der Waals surface area contributed by atoms with E-state index in [0.717, 1.165) is 81.2 Å². The van der Waals surface area contributed by atoms with Gasteiger partial charge in [0, 0.05) is 62.3 Å². The Morgan fingerprint density at radius 3 is 2.54 bits per heavy atom. The molecule has 1 unspecified atom stereocenters. The predicted octanol–water partition coefficient (Wildman–Crippen LogP) is 3.39. The van der Waals surface area contributed by atoms with E-state index in [2.05, 4.69) is 9.88 Å². The standard InChI is InChI=1S/C27H32FN5O2/c28-23-5-3-21(4-6-23)18-25-19-26(22-7-10-29-11-8-22)30-33(25)20-27(34)32-12-1-2-24(9-13-32)31-14-16-35-17-15-31/h3-8,10-11,19,24H,1-2,9,12-18,20H2. The molecule has 2 aromatic heterocycles. The number of carbonyl (C=O) groups is 1. The molecule has 1 amide bonds. The monoisotopic (exact) mass is 477 g/mol. The fourth-order valence-electron chi connectivity index (χ4n) is 5.07. The molecule has 1 atom stereocenters. The largest absolute Gasteiger partial charge is 0.379 e. The number of aromatic nitrogens is 3. The molecule has 0 saturated carbocycles. The summed E-state index contributed by atoms with van der Waals surface area (Å²) in [7, 11) is 0. The van der Waals surface area contributed by atoms with Crippen molar-refractivity contribution in [2.45, 2.75) is 38.3 Å². The van der Waals surface area contributed by atoms with Gasteiger partial charge >= 0.3 is 0 Å². The highest BCUT2D eigenvalue weighted by Crippen LogP contribution is 2.22. The van der Waals surface area contributed by atoms with Crippen LogP contribution in [0.2, 0.25) is 0 Å². The lowest BCUT2D eigenvalue weighted by Gasteiger charge is -2.34. The second kappa shape index (κ2) is 11.1. The second-order valence-electron chi connectivity index (χ2n) is 9.33. The van der Waals surface area contributed by atoms with Crippen molar-refractivity contribution >= 4 is 5.91 Å². The lowest BCUT2D eigenvalue weighted by atomic mass is 10.1. The number of ether oxygens (including phenoxy) is 1. The fourth-order valence-corrected chi connectivity index (χ4v) is 5.07. The molecule has 4 heterocycles. The first-order valence-corrected chi connectivity index (χ1v) is 12.5. The highest BCUT2D eigenvalue weighted by atomic mass is 19.1. The van der Waals surface area contributed by atoms with E-state index in [1.54, 1.807) is 24.5 Å². The maximum atomic E-state index is 13.4. The predicted molar refractivity (Wildman–Crippen MR) is 131 cm³/mol. The lowest BCUT2D eigenvalue weighted by Crippen LogP contribution is -2.44. The molecular weight excluding hydrogens is 445 g/mol. The highest BCUT2D eigenvalue weighted by Gasteiger charge is 2.26. The number of amides is 1. The van der Waals surface area contributed by atoms with Crippen molar-refractivity contribution in [1.29, 1.82) is 0 Å². The zero-order chi connectivity index (χ0) is 24.0. The van der Waals surface area contributed by atoms with Crippen LogP contribution in [0.15, 0.2) is 54.9 Å². The van der Waals surface area contributed by atoms with Gasteiger partial charge in [-0.05, 0) is 55.2 Å². The molecule has 1 aromatic carbocycles. The summed E-state index contributed by atoms with van der Waals surface area (Å²) in [4.78, 5) is 22.0. The number of morpholine rings is 1. The number of likely N-dealkylation sites (tertiary alicyclic amines) is 1. The molecule has 0 radical (unpaired) electrons. The summed E-state index contributed by atoms with van der Waals surface area (Å²) in [6, 6.07) is 12.9. The Hall–Kier alpha value is -3.10. The van der Waals surface area contributed by atoms with E-state index in [1.807, 2.05) is 27.8 Å². The minimum atomic E-state index is -0.258. The van der Waals surface area contributed by atoms with Crippen LogP contribution in [0.3, 0.4) is 0 Å². The van der Waals surface area contributed by atoms with Gasteiger partial charge in [0.15, 0.2) is 0 Å². The average molecular weight is 478 g/mol. The molecule has 0 bridgehead atoms. The van der Waals surface area contributed by atoms with Crippen molar-refractivity contribution in [3.8, 4) is 11.3 Å². The maximum Gasteiger partial charge on any atom is 0.244 e. The molecule has 0 N–H and O–H groups in total. The van der Waals surface area contributed by atoms with Gasteiger partial charge in [-0.2, -0.15) is 5.10 Å². The molecule has 0 aliphatic carbocycles. The Morgan fingerprint density at radius 1 is 1.00 bits per heavy atom. The molecule has 35 heavy (non-hydrogen) atoms. The minimum Gasteiger partial charge on any atom is -0.379 e. The quantitative estimate of drug-likeness (QED) is 0.545. The molecular formula is C27H32FN5O2. The van der Waals surface area contributed by atoms with Crippen LogP contribution in [0.4, 0.5) is 4.39 Å². The third-order valence-electron chi connectivity index (χ3n) is 7.04. The number of halogens is 1. The number of nitrogens with zero attached hydrogens (tertiary/aromatic N) is 5. The van der Waals surface area contributed by atoms with Crippen molar-refractivity contribution < 1.29 is 13.9 Å². The summed E-state index contributed by atoms with van der Waals surface area (Å²) < 4.78 is 20.7. The summed E-state index contributed by atoms with van der Waals surface area (Å²) in [5, 5.41) is 4.79. The number of rotatable bonds is 6. The smallest absolute Gasteiger partial charge is 0.244 e. The molecule has 2 fully saturated rings. The van der Waals surface area contributed by atoms with Crippen LogP contribution in [-0.4, -0.2) is 75.9 Å². The fraction of sp³-hybridized carbons (Fsp3) is 0.444. The van der Waals surface area contributed by atoms with E-state index in [9.17, 15) is 9.18 Å². The van der Waals surface area contributed by atoms with E-state index in [4.69, 9.17) is 9.84 Å². The van der Waals surface area contributed by atoms with Crippen LogP contribution in [0, 0.1) is 5.82 Å². The Kier molecular flexibility index (Phi) is 7.49. The number of hydrogen-bond donors (Lipinski definition) is 0. The van der Waals surface area contributed by atoms with E-state index < -0.39 is 0 Å². The molecule has 5 rings (SSSR count). The van der Waals surface area contributed by atoms with Crippen LogP contribution in [0.5, 0.6) is 0 Å².